The number of nitrogens with zero attached hydrogens (tertiary/aromatic N) is 1. The Balaban J connectivity index is 1.56. The lowest BCUT2D eigenvalue weighted by Crippen LogP contribution is -2.43. The Kier molecular flexibility index (Phi) is 6.73. The summed E-state index contributed by atoms with van der Waals surface area (Å²) < 4.78 is 5.65. The number of ether oxygens (including phenoxy) is 1. The topological polar surface area (TPSA) is 41.6 Å². The van der Waals surface area contributed by atoms with Crippen molar-refractivity contribution in [3.05, 3.63) is 101 Å². The number of hydrogen-bond donors (Lipinski definition) is 1. The van der Waals surface area contributed by atoms with Gasteiger partial charge < -0.3 is 15.0 Å². The first-order valence-electron chi connectivity index (χ1n) is 11.8. The van der Waals surface area contributed by atoms with E-state index in [4.69, 9.17) is 4.74 Å². The highest BCUT2D eigenvalue weighted by molar-refractivity contribution is 5.69. The van der Waals surface area contributed by atoms with Crippen LogP contribution >= 0.6 is 0 Å². The molecule has 3 aromatic carbocycles. The molecule has 4 rings (SSSR count). The Hall–Kier alpha value is -3.27. The van der Waals surface area contributed by atoms with Crippen molar-refractivity contribution >= 4 is 11.8 Å². The van der Waals surface area contributed by atoms with Gasteiger partial charge in [0.25, 0.3) is 0 Å². The molecule has 33 heavy (non-hydrogen) atoms. The molecule has 0 aromatic heterocycles. The average Bonchev–Trinajstić information content (AvgIpc) is 2.95. The van der Waals surface area contributed by atoms with E-state index in [9.17, 15) is 4.79 Å². The highest BCUT2D eigenvalue weighted by Gasteiger charge is 2.28. The second-order valence-electron chi connectivity index (χ2n) is 9.86. The third-order valence-corrected chi connectivity index (χ3v) is 6.08. The summed E-state index contributed by atoms with van der Waals surface area (Å²) in [4.78, 5) is 14.6. The monoisotopic (exact) mass is 442 g/mol. The fourth-order valence-electron chi connectivity index (χ4n) is 4.45. The number of carbonyl (C=O) groups excluding carboxylic acids is 1. The standard InChI is InChI=1S/C29H34N2O2/c1-21-19-24-15-16-26(20-25(24)17-18-31(21)28(32)33-29(2,3)4)30-27(22-11-7-5-8-12-22)23-13-9-6-10-14-23/h5-16,20-21,27,30H,17-19H2,1-4H3. The molecule has 0 bridgehead atoms. The second kappa shape index (κ2) is 9.70. The minimum Gasteiger partial charge on any atom is -0.444 e. The van der Waals surface area contributed by atoms with E-state index in [-0.39, 0.29) is 18.2 Å². The van der Waals surface area contributed by atoms with Crippen LogP contribution in [-0.2, 0) is 17.6 Å². The summed E-state index contributed by atoms with van der Waals surface area (Å²) in [5, 5.41) is 3.75. The largest absolute Gasteiger partial charge is 0.444 e. The molecule has 4 nitrogen and oxygen atoms in total. The molecule has 1 aliphatic rings. The highest BCUT2D eigenvalue weighted by atomic mass is 16.6. The van der Waals surface area contributed by atoms with Crippen molar-refractivity contribution in [2.45, 2.75) is 58.2 Å². The molecule has 0 spiro atoms. The molecular formula is C29H34N2O2. The number of anilines is 1. The van der Waals surface area contributed by atoms with Crippen LogP contribution in [0.3, 0.4) is 0 Å². The Morgan fingerprint density at radius 2 is 1.55 bits per heavy atom. The summed E-state index contributed by atoms with van der Waals surface area (Å²) in [5.41, 5.74) is 5.64. The zero-order chi connectivity index (χ0) is 23.4. The fraction of sp³-hybridized carbons (Fsp3) is 0.345. The molecule has 0 saturated heterocycles. The van der Waals surface area contributed by atoms with Gasteiger partial charge in [0, 0.05) is 18.3 Å². The Labute approximate surface area is 197 Å². The van der Waals surface area contributed by atoms with Gasteiger partial charge in [0.05, 0.1) is 6.04 Å². The second-order valence-corrected chi connectivity index (χ2v) is 9.86. The summed E-state index contributed by atoms with van der Waals surface area (Å²) in [6.45, 7) is 8.50. The minimum atomic E-state index is -0.489. The van der Waals surface area contributed by atoms with Crippen LogP contribution in [0.15, 0.2) is 78.9 Å². The summed E-state index contributed by atoms with van der Waals surface area (Å²) in [6, 6.07) is 27.8. The molecule has 1 heterocycles. The van der Waals surface area contributed by atoms with Crippen LogP contribution < -0.4 is 5.32 Å². The molecule has 1 aliphatic heterocycles. The number of benzene rings is 3. The van der Waals surface area contributed by atoms with Gasteiger partial charge in [-0.2, -0.15) is 0 Å². The van der Waals surface area contributed by atoms with Gasteiger partial charge in [-0.3, -0.25) is 0 Å². The quantitative estimate of drug-likeness (QED) is 0.494. The van der Waals surface area contributed by atoms with Gasteiger partial charge in [-0.05, 0) is 74.9 Å². The third kappa shape index (κ3) is 5.75. The summed E-state index contributed by atoms with van der Waals surface area (Å²) >= 11 is 0. The first-order chi connectivity index (χ1) is 15.8. The van der Waals surface area contributed by atoms with Crippen molar-refractivity contribution in [3.8, 4) is 0 Å². The molecule has 1 N–H and O–H groups in total. The molecule has 1 unspecified atom stereocenters. The molecular weight excluding hydrogens is 408 g/mol. The Morgan fingerprint density at radius 3 is 2.12 bits per heavy atom. The average molecular weight is 443 g/mol. The van der Waals surface area contributed by atoms with Crippen molar-refractivity contribution in [2.75, 3.05) is 11.9 Å². The number of hydrogen-bond acceptors (Lipinski definition) is 3. The van der Waals surface area contributed by atoms with Gasteiger partial charge in [0.15, 0.2) is 0 Å². The van der Waals surface area contributed by atoms with Gasteiger partial charge in [-0.15, -0.1) is 0 Å². The lowest BCUT2D eigenvalue weighted by atomic mass is 9.97. The molecule has 0 saturated carbocycles. The maximum absolute atomic E-state index is 12.7. The van der Waals surface area contributed by atoms with Crippen molar-refractivity contribution in [1.29, 1.82) is 0 Å². The van der Waals surface area contributed by atoms with Gasteiger partial charge >= 0.3 is 6.09 Å². The number of carbonyl (C=O) groups is 1. The molecule has 4 heteroatoms. The fourth-order valence-corrected chi connectivity index (χ4v) is 4.45. The lowest BCUT2D eigenvalue weighted by molar-refractivity contribution is 0.0185. The normalized spacial score (nSPS) is 16.2. The first kappa shape index (κ1) is 22.9. The first-order valence-corrected chi connectivity index (χ1v) is 11.8. The predicted molar refractivity (Wildman–Crippen MR) is 135 cm³/mol. The van der Waals surface area contributed by atoms with E-state index < -0.39 is 5.60 Å². The van der Waals surface area contributed by atoms with Crippen LogP contribution in [0.1, 0.15) is 56.0 Å². The van der Waals surface area contributed by atoms with Crippen LogP contribution in [0.25, 0.3) is 0 Å². The summed E-state index contributed by atoms with van der Waals surface area (Å²) in [6.07, 6.45) is 1.42. The molecule has 0 aliphatic carbocycles. The molecule has 0 fully saturated rings. The van der Waals surface area contributed by atoms with E-state index in [1.807, 2.05) is 37.8 Å². The van der Waals surface area contributed by atoms with Crippen molar-refractivity contribution in [2.24, 2.45) is 0 Å². The van der Waals surface area contributed by atoms with Gasteiger partial charge in [-0.25, -0.2) is 4.79 Å². The maximum atomic E-state index is 12.7. The van der Waals surface area contributed by atoms with Crippen LogP contribution in [0.5, 0.6) is 0 Å². The SMILES string of the molecule is CC1Cc2ccc(NC(c3ccccc3)c3ccccc3)cc2CCN1C(=O)OC(C)(C)C. The number of amides is 1. The van der Waals surface area contributed by atoms with Gasteiger partial charge in [0.1, 0.15) is 5.60 Å². The lowest BCUT2D eigenvalue weighted by Gasteiger charge is -2.30. The zero-order valence-electron chi connectivity index (χ0n) is 20.0. The molecule has 1 atom stereocenters. The van der Waals surface area contributed by atoms with E-state index in [1.165, 1.54) is 22.3 Å². The van der Waals surface area contributed by atoms with Crippen LogP contribution in [0.4, 0.5) is 10.5 Å². The number of rotatable bonds is 4. The van der Waals surface area contributed by atoms with E-state index >= 15 is 0 Å². The van der Waals surface area contributed by atoms with E-state index in [0.29, 0.717) is 6.54 Å². The molecule has 0 radical (unpaired) electrons. The van der Waals surface area contributed by atoms with Crippen LogP contribution in [0, 0.1) is 0 Å². The minimum absolute atomic E-state index is 0.0633. The predicted octanol–water partition coefficient (Wildman–Crippen LogP) is 6.61. The van der Waals surface area contributed by atoms with E-state index in [0.717, 1.165) is 18.5 Å². The van der Waals surface area contributed by atoms with Gasteiger partial charge in [0.2, 0.25) is 0 Å². The van der Waals surface area contributed by atoms with E-state index in [2.05, 4.69) is 79.0 Å². The molecule has 3 aromatic rings. The number of nitrogens with one attached hydrogen (secondary N) is 1. The zero-order valence-corrected chi connectivity index (χ0v) is 20.0. The molecule has 172 valence electrons. The molecule has 1 amide bonds. The van der Waals surface area contributed by atoms with Gasteiger partial charge in [-0.1, -0.05) is 66.7 Å². The van der Waals surface area contributed by atoms with E-state index in [1.54, 1.807) is 0 Å². The summed E-state index contributed by atoms with van der Waals surface area (Å²) in [7, 11) is 0. The highest BCUT2D eigenvalue weighted by Crippen LogP contribution is 2.29. The Morgan fingerprint density at radius 1 is 0.939 bits per heavy atom. The van der Waals surface area contributed by atoms with Crippen molar-refractivity contribution < 1.29 is 9.53 Å². The van der Waals surface area contributed by atoms with Crippen LogP contribution in [0.2, 0.25) is 0 Å². The number of fused-ring (bicyclic) bond motifs is 1. The van der Waals surface area contributed by atoms with Crippen molar-refractivity contribution in [3.63, 3.8) is 0 Å². The summed E-state index contributed by atoms with van der Waals surface area (Å²) in [5.74, 6) is 0. The third-order valence-electron chi connectivity index (χ3n) is 6.08. The Bertz CT molecular complexity index is 1030. The van der Waals surface area contributed by atoms with Crippen LogP contribution in [-0.4, -0.2) is 29.2 Å². The maximum Gasteiger partial charge on any atom is 0.410 e. The smallest absolute Gasteiger partial charge is 0.410 e. The van der Waals surface area contributed by atoms with Crippen molar-refractivity contribution in [1.82, 2.24) is 4.90 Å².